The normalized spacial score (nSPS) is 17.6. The molecule has 5 nitrogen and oxygen atoms in total. The van der Waals surface area contributed by atoms with E-state index in [1.807, 2.05) is 60.4 Å². The van der Waals surface area contributed by atoms with Crippen LogP contribution in [0.1, 0.15) is 52.7 Å². The predicted octanol–water partition coefficient (Wildman–Crippen LogP) is 4.45. The molecule has 1 aromatic heterocycles. The molecule has 1 saturated heterocycles. The average molecular weight is 466 g/mol. The Morgan fingerprint density at radius 2 is 2.09 bits per heavy atom. The molecule has 2 heterocycles. The van der Waals surface area contributed by atoms with E-state index in [0.717, 1.165) is 29.7 Å². The summed E-state index contributed by atoms with van der Waals surface area (Å²) in [4.78, 5) is 27.6. The summed E-state index contributed by atoms with van der Waals surface area (Å²) in [7, 11) is 1.38. The van der Waals surface area contributed by atoms with Gasteiger partial charge in [0, 0.05) is 29.8 Å². The number of carbonyl (C=O) groups is 2. The standard InChI is InChI=1S/C27H31NO4S/c1-20(8-6-11-21-9-4-3-5-10-21)24(29)16-13-22-14-18-26(30)28(22)19-7-12-23-15-17-25(33-23)27(31)32-2/h3-5,9-10,13,15-17,20,22,24,29H,7-8,12,14,18-19H2,1-2H3/t20?,22-,24-/m0/s1. The van der Waals surface area contributed by atoms with Gasteiger partial charge in [0.2, 0.25) is 5.91 Å². The molecule has 1 unspecified atom stereocenters. The minimum absolute atomic E-state index is 0.00542. The van der Waals surface area contributed by atoms with Crippen molar-refractivity contribution >= 4 is 23.2 Å². The summed E-state index contributed by atoms with van der Waals surface area (Å²) >= 11 is 1.44. The van der Waals surface area contributed by atoms with Crippen molar-refractivity contribution in [3.8, 4) is 11.8 Å². The van der Waals surface area contributed by atoms with Gasteiger partial charge in [-0.2, -0.15) is 0 Å². The molecule has 3 atom stereocenters. The fraction of sp³-hybridized carbons (Fsp3) is 0.407. The van der Waals surface area contributed by atoms with Crippen molar-refractivity contribution in [2.75, 3.05) is 13.7 Å². The second-order valence-corrected chi connectivity index (χ2v) is 9.45. The fourth-order valence-electron chi connectivity index (χ4n) is 3.78. The van der Waals surface area contributed by atoms with Crippen molar-refractivity contribution in [3.63, 3.8) is 0 Å². The third kappa shape index (κ3) is 7.31. The van der Waals surface area contributed by atoms with Gasteiger partial charge in [-0.05, 0) is 49.4 Å². The Hall–Kier alpha value is -2.88. The first-order valence-corrected chi connectivity index (χ1v) is 12.2. The summed E-state index contributed by atoms with van der Waals surface area (Å²) in [6.45, 7) is 2.64. The number of ether oxygens (including phenoxy) is 1. The zero-order valence-electron chi connectivity index (χ0n) is 19.2. The number of amides is 1. The molecule has 2 aromatic rings. The van der Waals surface area contributed by atoms with Gasteiger partial charge in [0.15, 0.2) is 0 Å². The largest absolute Gasteiger partial charge is 0.465 e. The van der Waals surface area contributed by atoms with Crippen LogP contribution in [0, 0.1) is 17.8 Å². The zero-order valence-corrected chi connectivity index (χ0v) is 20.0. The second kappa shape index (κ2) is 12.4. The second-order valence-electron chi connectivity index (χ2n) is 8.28. The minimum atomic E-state index is -0.601. The SMILES string of the molecule is COC(=O)c1ccc(CCCN2C(=O)CC[C@@H]2C=C[C@H](O)C(C)CC#Cc2ccccc2)s1. The molecule has 1 amide bonds. The van der Waals surface area contributed by atoms with Crippen LogP contribution in [0.25, 0.3) is 0 Å². The highest BCUT2D eigenvalue weighted by molar-refractivity contribution is 7.13. The van der Waals surface area contributed by atoms with Crippen LogP contribution >= 0.6 is 11.3 Å². The smallest absolute Gasteiger partial charge is 0.348 e. The van der Waals surface area contributed by atoms with E-state index >= 15 is 0 Å². The maximum absolute atomic E-state index is 12.4. The number of carbonyl (C=O) groups excluding carboxylic acids is 2. The Morgan fingerprint density at radius 1 is 1.30 bits per heavy atom. The third-order valence-electron chi connectivity index (χ3n) is 5.79. The van der Waals surface area contributed by atoms with Crippen LogP contribution in [0.3, 0.4) is 0 Å². The molecule has 0 saturated carbocycles. The molecule has 174 valence electrons. The fourth-order valence-corrected chi connectivity index (χ4v) is 4.75. The van der Waals surface area contributed by atoms with Crippen molar-refractivity contribution in [2.45, 2.75) is 51.2 Å². The van der Waals surface area contributed by atoms with Crippen LogP contribution < -0.4 is 0 Å². The van der Waals surface area contributed by atoms with Crippen molar-refractivity contribution in [3.05, 3.63) is 69.9 Å². The first-order chi connectivity index (χ1) is 16.0. The highest BCUT2D eigenvalue weighted by Crippen LogP contribution is 2.23. The molecule has 1 aliphatic heterocycles. The number of benzene rings is 1. The molecular formula is C27H31NO4S. The molecule has 1 N–H and O–H groups in total. The molecule has 0 radical (unpaired) electrons. The Balaban J connectivity index is 1.47. The minimum Gasteiger partial charge on any atom is -0.465 e. The van der Waals surface area contributed by atoms with Crippen molar-refractivity contribution < 1.29 is 19.4 Å². The summed E-state index contributed by atoms with van der Waals surface area (Å²) in [6.07, 6.45) is 6.72. The lowest BCUT2D eigenvalue weighted by molar-refractivity contribution is -0.128. The van der Waals surface area contributed by atoms with Crippen LogP contribution in [0.4, 0.5) is 0 Å². The molecular weight excluding hydrogens is 434 g/mol. The summed E-state index contributed by atoms with van der Waals surface area (Å²) in [5, 5.41) is 10.5. The number of nitrogens with zero attached hydrogens (tertiary/aromatic N) is 1. The van der Waals surface area contributed by atoms with E-state index in [2.05, 4.69) is 11.8 Å². The van der Waals surface area contributed by atoms with Crippen LogP contribution in [0.15, 0.2) is 54.6 Å². The van der Waals surface area contributed by atoms with Crippen molar-refractivity contribution in [2.24, 2.45) is 5.92 Å². The Bertz CT molecular complexity index is 1020. The number of aliphatic hydroxyl groups is 1. The Labute approximate surface area is 200 Å². The molecule has 0 bridgehead atoms. The first-order valence-electron chi connectivity index (χ1n) is 11.3. The van der Waals surface area contributed by atoms with Crippen molar-refractivity contribution in [1.82, 2.24) is 4.90 Å². The van der Waals surface area contributed by atoms with Gasteiger partial charge in [-0.3, -0.25) is 4.79 Å². The van der Waals surface area contributed by atoms with Crippen LogP contribution in [-0.2, 0) is 16.0 Å². The number of likely N-dealkylation sites (tertiary alicyclic amines) is 1. The van der Waals surface area contributed by atoms with Gasteiger partial charge in [-0.15, -0.1) is 11.3 Å². The number of aryl methyl sites for hydroxylation is 1. The monoisotopic (exact) mass is 465 g/mol. The Kier molecular flexibility index (Phi) is 9.29. The number of hydrogen-bond acceptors (Lipinski definition) is 5. The number of thiophene rings is 1. The lowest BCUT2D eigenvalue weighted by atomic mass is 9.99. The van der Waals surface area contributed by atoms with Crippen LogP contribution in [0.2, 0.25) is 0 Å². The van der Waals surface area contributed by atoms with E-state index < -0.39 is 6.10 Å². The predicted molar refractivity (Wildman–Crippen MR) is 131 cm³/mol. The summed E-state index contributed by atoms with van der Waals surface area (Å²) in [5.74, 6) is 6.12. The number of rotatable bonds is 9. The Morgan fingerprint density at radius 3 is 2.85 bits per heavy atom. The zero-order chi connectivity index (χ0) is 23.6. The maximum Gasteiger partial charge on any atom is 0.348 e. The van der Waals surface area contributed by atoms with Gasteiger partial charge in [-0.1, -0.05) is 49.1 Å². The number of aliphatic hydroxyl groups excluding tert-OH is 1. The quantitative estimate of drug-likeness (QED) is 0.337. The molecule has 6 heteroatoms. The molecule has 0 spiro atoms. The summed E-state index contributed by atoms with van der Waals surface area (Å²) < 4.78 is 4.75. The van der Waals surface area contributed by atoms with E-state index in [1.54, 1.807) is 6.07 Å². The first kappa shape index (κ1) is 24.8. The molecule has 3 rings (SSSR count). The van der Waals surface area contributed by atoms with E-state index in [1.165, 1.54) is 18.4 Å². The van der Waals surface area contributed by atoms with Crippen LogP contribution in [0.5, 0.6) is 0 Å². The molecule has 33 heavy (non-hydrogen) atoms. The van der Waals surface area contributed by atoms with E-state index in [9.17, 15) is 14.7 Å². The van der Waals surface area contributed by atoms with E-state index in [4.69, 9.17) is 4.74 Å². The summed E-state index contributed by atoms with van der Waals surface area (Å²) in [5.41, 5.74) is 0.971. The van der Waals surface area contributed by atoms with Gasteiger partial charge < -0.3 is 14.7 Å². The number of hydrogen-bond donors (Lipinski definition) is 1. The van der Waals surface area contributed by atoms with Gasteiger partial charge in [0.1, 0.15) is 4.88 Å². The molecule has 0 aliphatic carbocycles. The molecule has 1 fully saturated rings. The molecule has 1 aliphatic rings. The highest BCUT2D eigenvalue weighted by atomic mass is 32.1. The van der Waals surface area contributed by atoms with Gasteiger partial charge in [0.05, 0.1) is 19.3 Å². The van der Waals surface area contributed by atoms with Crippen LogP contribution in [-0.4, -0.2) is 47.7 Å². The maximum atomic E-state index is 12.4. The topological polar surface area (TPSA) is 66.8 Å². The highest BCUT2D eigenvalue weighted by Gasteiger charge is 2.28. The van der Waals surface area contributed by atoms with E-state index in [0.29, 0.717) is 24.3 Å². The number of methoxy groups -OCH3 is 1. The average Bonchev–Trinajstić information content (AvgIpc) is 3.44. The number of esters is 1. The third-order valence-corrected chi connectivity index (χ3v) is 6.91. The summed E-state index contributed by atoms with van der Waals surface area (Å²) in [6, 6.07) is 13.6. The van der Waals surface area contributed by atoms with Gasteiger partial charge in [-0.25, -0.2) is 4.79 Å². The lowest BCUT2D eigenvalue weighted by Crippen LogP contribution is -2.33. The van der Waals surface area contributed by atoms with Gasteiger partial charge >= 0.3 is 5.97 Å². The van der Waals surface area contributed by atoms with Gasteiger partial charge in [0.25, 0.3) is 0 Å². The molecule has 1 aromatic carbocycles. The van der Waals surface area contributed by atoms with E-state index in [-0.39, 0.29) is 23.8 Å². The van der Waals surface area contributed by atoms with Crippen molar-refractivity contribution in [1.29, 1.82) is 0 Å². The lowest BCUT2D eigenvalue weighted by Gasteiger charge is -2.23.